The van der Waals surface area contributed by atoms with E-state index in [4.69, 9.17) is 0 Å². The third-order valence-corrected chi connectivity index (χ3v) is 7.51. The Balaban J connectivity index is -0.0000000326. The van der Waals surface area contributed by atoms with Gasteiger partial charge in [-0.25, -0.2) is 0 Å². The molecule has 0 saturated carbocycles. The molecule has 0 aliphatic rings. The average Bonchev–Trinajstić information content (AvgIpc) is 3.12. The number of nitrogens with zero attached hydrogens (tertiary/aromatic N) is 2. The molecule has 0 aromatic carbocycles. The maximum Gasteiger partial charge on any atom is 0.0439 e. The summed E-state index contributed by atoms with van der Waals surface area (Å²) in [5, 5.41) is 0. The Bertz CT molecular complexity index is 800. The molecule has 3 heteroatoms. The summed E-state index contributed by atoms with van der Waals surface area (Å²) < 4.78 is 0. The molecule has 0 aromatic rings. The molecule has 0 spiro atoms. The largest absolute Gasteiger partial charge is 0.312 e. The van der Waals surface area contributed by atoms with Crippen molar-refractivity contribution in [2.75, 3.05) is 28.2 Å². The molecule has 0 rings (SSSR count). The molecule has 70 heavy (non-hydrogen) atoms. The summed E-state index contributed by atoms with van der Waals surface area (Å²) in [5.74, 6) is 5.36. The zero-order valence-electron chi connectivity index (χ0n) is 61.7. The second-order valence-corrected chi connectivity index (χ2v) is 33.2. The van der Waals surface area contributed by atoms with Crippen molar-refractivity contribution in [2.45, 2.75) is 368 Å². The van der Waals surface area contributed by atoms with Crippen LogP contribution in [0.4, 0.5) is 0 Å². The summed E-state index contributed by atoms with van der Waals surface area (Å²) in [5.41, 5.74) is 5.87. The van der Waals surface area contributed by atoms with Gasteiger partial charge in [-0.2, -0.15) is 0 Å². The van der Waals surface area contributed by atoms with E-state index in [0.29, 0.717) is 27.1 Å². The summed E-state index contributed by atoms with van der Waals surface area (Å²) in [4.78, 5) is 4.38. The van der Waals surface area contributed by atoms with Gasteiger partial charge in [0.15, 0.2) is 0 Å². The highest BCUT2D eigenvalue weighted by atomic mass is 28.3. The van der Waals surface area contributed by atoms with E-state index in [1.165, 1.54) is 36.5 Å². The Morgan fingerprint density at radius 2 is 0.457 bits per heavy atom. The fourth-order valence-electron chi connectivity index (χ4n) is 2.60. The van der Waals surface area contributed by atoms with E-state index in [2.05, 4.69) is 272 Å². The van der Waals surface area contributed by atoms with E-state index in [0.717, 1.165) is 0 Å². The minimum atomic E-state index is -0.631. The molecular formula is C67H164N2Si. The summed E-state index contributed by atoms with van der Waals surface area (Å²) in [6, 6.07) is 1.41. The van der Waals surface area contributed by atoms with Crippen molar-refractivity contribution < 1.29 is 0 Å². The van der Waals surface area contributed by atoms with Gasteiger partial charge in [0.1, 0.15) is 0 Å². The maximum absolute atomic E-state index is 2.68. The summed E-state index contributed by atoms with van der Waals surface area (Å²) in [7, 11) is 7.54. The van der Waals surface area contributed by atoms with Crippen LogP contribution < -0.4 is 0 Å². The third kappa shape index (κ3) is 460. The van der Waals surface area contributed by atoms with Crippen molar-refractivity contribution in [1.29, 1.82) is 0 Å². The van der Waals surface area contributed by atoms with Gasteiger partial charge in [0.05, 0.1) is 0 Å². The molecule has 0 aromatic heterocycles. The van der Waals surface area contributed by atoms with Crippen molar-refractivity contribution in [2.24, 2.45) is 27.1 Å². The Kier molecular flexibility index (Phi) is 118. The standard InChI is InChI=1S/C9H21N.C9H20.C6H12.C5H14Si.3C5H12.C4H6.C3H9N.2C3H8.5C2H6/c1-8(2,3)10(7)9(4,5)6;1-8(2,3)7-9(4,5)6;1-5(2)6(3)4;1-5-6(2,3)4;3*1-5(2,3)4;1-3-4-2;1-4(2)3;2*1-3-2;5*1-2/h1-7H3;7H2,1-6H3;1-4H3;5H2,1-4H3;3*1-4H3;1-2H3;1-3H3;2*3H2,1-2H3;5*1-2H3. The van der Waals surface area contributed by atoms with Crippen LogP contribution in [0, 0.1) is 38.9 Å². The molecule has 0 aliphatic heterocycles. The molecule has 0 unspecified atom stereocenters. The number of allylic oxidation sites excluding steroid dienone is 2. The lowest BCUT2D eigenvalue weighted by atomic mass is 9.78. The van der Waals surface area contributed by atoms with Gasteiger partial charge in [0.25, 0.3) is 0 Å². The van der Waals surface area contributed by atoms with Crippen molar-refractivity contribution >= 4 is 8.07 Å². The normalized spacial score (nSPS) is 9.80. The first-order valence-corrected chi connectivity index (χ1v) is 32.5. The van der Waals surface area contributed by atoms with Crippen LogP contribution in [0.5, 0.6) is 0 Å². The van der Waals surface area contributed by atoms with E-state index in [1.54, 1.807) is 0 Å². The van der Waals surface area contributed by atoms with E-state index >= 15 is 0 Å². The SMILES string of the molecule is CC.CC.CC.CC.CC.CC#CC.CC(C)(C)C.CC(C)(C)C.CC(C)(C)C.CC(C)(C)CC(C)(C)C.CC(C)=C(C)C.CCC.CCC.CC[Si](C)(C)C.CN(C(C)(C)C)C(C)(C)C.CN(C)C. The number of hydrogen-bond acceptors (Lipinski definition) is 2. The van der Waals surface area contributed by atoms with Crippen molar-refractivity contribution in [1.82, 2.24) is 9.80 Å². The quantitative estimate of drug-likeness (QED) is 0.147. The van der Waals surface area contributed by atoms with Gasteiger partial charge in [-0.3, -0.25) is 4.90 Å². The predicted octanol–water partition coefficient (Wildman–Crippen LogP) is 26.0. The van der Waals surface area contributed by atoms with Crippen molar-refractivity contribution in [3.05, 3.63) is 11.1 Å². The van der Waals surface area contributed by atoms with Gasteiger partial charge >= 0.3 is 0 Å². The Labute approximate surface area is 461 Å². The van der Waals surface area contributed by atoms with Crippen LogP contribution in [0.1, 0.15) is 331 Å². The fourth-order valence-corrected chi connectivity index (χ4v) is 2.60. The topological polar surface area (TPSA) is 6.48 Å². The van der Waals surface area contributed by atoms with E-state index < -0.39 is 8.07 Å². The molecule has 0 N–H and O–H groups in total. The van der Waals surface area contributed by atoms with Crippen LogP contribution >= 0.6 is 0 Å². The smallest absolute Gasteiger partial charge is 0.0439 e. The van der Waals surface area contributed by atoms with Gasteiger partial charge in [0.2, 0.25) is 0 Å². The highest BCUT2D eigenvalue weighted by Crippen LogP contribution is 2.32. The molecule has 0 saturated heterocycles. The highest BCUT2D eigenvalue weighted by Gasteiger charge is 2.27. The molecule has 0 amide bonds. The molecule has 2 nitrogen and oxygen atoms in total. The van der Waals surface area contributed by atoms with Crippen LogP contribution in [-0.4, -0.2) is 57.1 Å². The lowest BCUT2D eigenvalue weighted by Crippen LogP contribution is -2.49. The lowest BCUT2D eigenvalue weighted by molar-refractivity contribution is 0.0700. The van der Waals surface area contributed by atoms with Gasteiger partial charge in [0, 0.05) is 19.2 Å². The van der Waals surface area contributed by atoms with E-state index in [1.807, 2.05) is 109 Å². The Morgan fingerprint density at radius 1 is 0.357 bits per heavy atom. The number of rotatable bonds is 1. The van der Waals surface area contributed by atoms with E-state index in [9.17, 15) is 0 Å². The Morgan fingerprint density at radius 3 is 0.457 bits per heavy atom. The van der Waals surface area contributed by atoms with E-state index in [-0.39, 0.29) is 11.1 Å². The summed E-state index contributed by atoms with van der Waals surface area (Å²) in [6.07, 6.45) is 3.79. The fraction of sp³-hybridized carbons (Fsp3) is 0.940. The summed E-state index contributed by atoms with van der Waals surface area (Å²) in [6.45, 7) is 103. The zero-order chi connectivity index (χ0) is 62.6. The molecule has 0 heterocycles. The van der Waals surface area contributed by atoms with Gasteiger partial charge < -0.3 is 4.90 Å². The summed E-state index contributed by atoms with van der Waals surface area (Å²) >= 11 is 0. The second kappa shape index (κ2) is 72.7. The van der Waals surface area contributed by atoms with Crippen molar-refractivity contribution in [3.63, 3.8) is 0 Å². The molecule has 0 fully saturated rings. The monoisotopic (exact) mass is 1030 g/mol. The van der Waals surface area contributed by atoms with Crippen LogP contribution in [0.15, 0.2) is 11.1 Å². The first kappa shape index (κ1) is 114. The molecule has 0 atom stereocenters. The molecule has 0 bridgehead atoms. The third-order valence-electron chi connectivity index (χ3n) is 5.38. The molecule has 0 aliphatic carbocycles. The molecular weight excluding hydrogens is 861 g/mol. The first-order valence-electron chi connectivity index (χ1n) is 28.8. The van der Waals surface area contributed by atoms with Crippen LogP contribution in [0.3, 0.4) is 0 Å². The van der Waals surface area contributed by atoms with Crippen molar-refractivity contribution in [3.8, 4) is 11.8 Å². The number of hydrogen-bond donors (Lipinski definition) is 0. The first-order chi connectivity index (χ1) is 30.5. The average molecular weight is 1030 g/mol. The predicted molar refractivity (Wildman–Crippen MR) is 357 cm³/mol. The molecule has 0 radical (unpaired) electrons. The minimum absolute atomic E-state index is 0.276. The minimum Gasteiger partial charge on any atom is -0.312 e. The second-order valence-electron chi connectivity index (χ2n) is 27.4. The Hall–Kier alpha value is -0.563. The van der Waals surface area contributed by atoms with Crippen LogP contribution in [-0.2, 0) is 0 Å². The molecule has 446 valence electrons. The van der Waals surface area contributed by atoms with Gasteiger partial charge in [-0.1, -0.05) is 278 Å². The maximum atomic E-state index is 2.68. The van der Waals surface area contributed by atoms with Gasteiger partial charge in [-0.15, -0.1) is 11.8 Å². The van der Waals surface area contributed by atoms with Gasteiger partial charge in [-0.05, 0) is 145 Å². The van der Waals surface area contributed by atoms with Crippen LogP contribution in [0.2, 0.25) is 25.7 Å². The highest BCUT2D eigenvalue weighted by molar-refractivity contribution is 6.75. The van der Waals surface area contributed by atoms with Crippen LogP contribution in [0.25, 0.3) is 0 Å². The lowest BCUT2D eigenvalue weighted by Gasteiger charge is -2.42. The zero-order valence-corrected chi connectivity index (χ0v) is 62.7.